The third-order valence-electron chi connectivity index (χ3n) is 3.92. The molecular weight excluding hydrogens is 246 g/mol. The first-order valence-electron chi connectivity index (χ1n) is 5.80. The Morgan fingerprint density at radius 2 is 1.89 bits per heavy atom. The fraction of sp³-hybridized carbons (Fsp3) is 0.462. The van der Waals surface area contributed by atoms with Crippen LogP contribution in [0.25, 0.3) is 0 Å². The molecule has 5 heteroatoms. The predicted octanol–water partition coefficient (Wildman–Crippen LogP) is 3.29. The number of nitrogens with two attached hydrogens (primary N) is 1. The lowest BCUT2D eigenvalue weighted by atomic mass is 9.32. The van der Waals surface area contributed by atoms with E-state index in [1.54, 1.807) is 6.08 Å². The van der Waals surface area contributed by atoms with E-state index in [2.05, 4.69) is 46.0 Å². The van der Waals surface area contributed by atoms with Crippen LogP contribution >= 0.6 is 11.6 Å². The molecule has 3 nitrogen and oxygen atoms in total. The lowest BCUT2D eigenvalue weighted by Gasteiger charge is -2.57. The van der Waals surface area contributed by atoms with Crippen LogP contribution < -0.4 is 5.84 Å². The lowest BCUT2D eigenvalue weighted by Crippen LogP contribution is -2.62. The molecule has 1 fully saturated rings. The molecule has 0 bridgehead atoms. The minimum absolute atomic E-state index is 0.00779. The third kappa shape index (κ3) is 2.40. The van der Waals surface area contributed by atoms with Crippen molar-refractivity contribution in [2.45, 2.75) is 38.6 Å². The van der Waals surface area contributed by atoms with E-state index in [1.165, 1.54) is 6.21 Å². The van der Waals surface area contributed by atoms with Crippen LogP contribution in [0.5, 0.6) is 0 Å². The Morgan fingerprint density at radius 1 is 1.33 bits per heavy atom. The van der Waals surface area contributed by atoms with E-state index in [0.717, 1.165) is 5.47 Å². The normalized spacial score (nSPS) is 21.8. The topological polar surface area (TPSA) is 47.6 Å². The first-order chi connectivity index (χ1) is 8.15. The Labute approximate surface area is 115 Å². The number of halogens is 1. The predicted molar refractivity (Wildman–Crippen MR) is 79.9 cm³/mol. The van der Waals surface area contributed by atoms with Crippen molar-refractivity contribution in [1.82, 2.24) is 0 Å². The fourth-order valence-electron chi connectivity index (χ4n) is 1.88. The molecule has 0 atom stereocenters. The van der Waals surface area contributed by atoms with Crippen molar-refractivity contribution in [3.05, 3.63) is 35.3 Å². The van der Waals surface area contributed by atoms with E-state index >= 15 is 0 Å². The molecule has 1 saturated heterocycles. The van der Waals surface area contributed by atoms with Crippen LogP contribution in [-0.4, -0.2) is 18.7 Å². The van der Waals surface area contributed by atoms with Crippen LogP contribution in [0.15, 0.2) is 40.4 Å². The van der Waals surface area contributed by atoms with Gasteiger partial charge in [0.1, 0.15) is 0 Å². The van der Waals surface area contributed by atoms with Crippen LogP contribution in [-0.2, 0) is 4.65 Å². The zero-order valence-electron chi connectivity index (χ0n) is 11.5. The SMILES string of the molecule is C=C(B1OC(C)(C)C1(C)C)C(=C)/C(Cl)=C\C=N/N. The maximum absolute atomic E-state index is 6.09. The van der Waals surface area contributed by atoms with Crippen LogP contribution in [0.4, 0.5) is 0 Å². The van der Waals surface area contributed by atoms with Crippen molar-refractivity contribution in [1.29, 1.82) is 0 Å². The molecule has 1 aliphatic heterocycles. The van der Waals surface area contributed by atoms with E-state index in [0.29, 0.717) is 10.6 Å². The number of hydrogen-bond acceptors (Lipinski definition) is 3. The molecule has 0 unspecified atom stereocenters. The minimum Gasteiger partial charge on any atom is -0.425 e. The summed E-state index contributed by atoms with van der Waals surface area (Å²) in [6.45, 7) is 16.3. The summed E-state index contributed by atoms with van der Waals surface area (Å²) in [6.07, 6.45) is 3.00. The second-order valence-corrected chi connectivity index (χ2v) is 5.95. The molecule has 0 saturated carbocycles. The quantitative estimate of drug-likeness (QED) is 0.279. The standard InChI is InChI=1S/C13H20BClN2O/c1-9(11(15)7-8-17-16)10(2)14-12(3,4)13(5,6)18-14/h7-8H,1-2,16H2,3-6H3/b11-7+,17-8-. The fourth-order valence-corrected chi connectivity index (χ4v) is 2.06. The number of rotatable bonds is 4. The van der Waals surface area contributed by atoms with Crippen LogP contribution in [0.3, 0.4) is 0 Å². The summed E-state index contributed by atoms with van der Waals surface area (Å²) in [5.41, 5.74) is 1.28. The summed E-state index contributed by atoms with van der Waals surface area (Å²) in [6, 6.07) is 0. The van der Waals surface area contributed by atoms with Gasteiger partial charge in [-0.25, -0.2) is 0 Å². The minimum atomic E-state index is -0.171. The highest BCUT2D eigenvalue weighted by atomic mass is 35.5. The Bertz CT molecular complexity index is 438. The molecule has 0 amide bonds. The van der Waals surface area contributed by atoms with Gasteiger partial charge in [0.2, 0.25) is 0 Å². The maximum atomic E-state index is 6.09. The molecular formula is C13H20BClN2O. The van der Waals surface area contributed by atoms with Crippen molar-refractivity contribution >= 4 is 24.7 Å². The first kappa shape index (κ1) is 15.1. The van der Waals surface area contributed by atoms with Gasteiger partial charge in [0.25, 0.3) is 0 Å². The summed E-state index contributed by atoms with van der Waals surface area (Å²) >= 11 is 6.09. The van der Waals surface area contributed by atoms with Crippen molar-refractivity contribution < 1.29 is 4.65 Å². The molecule has 1 aliphatic rings. The highest BCUT2D eigenvalue weighted by Crippen LogP contribution is 2.56. The van der Waals surface area contributed by atoms with Gasteiger partial charge in [-0.2, -0.15) is 5.10 Å². The molecule has 1 rings (SSSR count). The number of hydrazone groups is 1. The van der Waals surface area contributed by atoms with Crippen molar-refractivity contribution in [3.63, 3.8) is 0 Å². The van der Waals surface area contributed by atoms with Crippen molar-refractivity contribution in [2.24, 2.45) is 10.9 Å². The smallest absolute Gasteiger partial charge is 0.335 e. The van der Waals surface area contributed by atoms with Crippen LogP contribution in [0, 0.1) is 0 Å². The third-order valence-corrected chi connectivity index (χ3v) is 4.27. The second kappa shape index (κ2) is 4.94. The Kier molecular flexibility index (Phi) is 4.14. The van der Waals surface area contributed by atoms with Gasteiger partial charge in [0, 0.05) is 22.2 Å². The summed E-state index contributed by atoms with van der Waals surface area (Å²) in [5, 5.41) is 3.82. The molecule has 0 spiro atoms. The molecule has 2 N–H and O–H groups in total. The van der Waals surface area contributed by atoms with E-state index in [-0.39, 0.29) is 17.8 Å². The van der Waals surface area contributed by atoms with Gasteiger partial charge in [-0.05, 0) is 31.0 Å². The van der Waals surface area contributed by atoms with Gasteiger partial charge >= 0.3 is 6.92 Å². The lowest BCUT2D eigenvalue weighted by molar-refractivity contribution is -0.0112. The monoisotopic (exact) mass is 266 g/mol. The van der Waals surface area contributed by atoms with Gasteiger partial charge in [-0.1, -0.05) is 32.0 Å². The van der Waals surface area contributed by atoms with E-state index in [9.17, 15) is 0 Å². The molecule has 0 radical (unpaired) electrons. The number of allylic oxidation sites excluding steroid dienone is 4. The maximum Gasteiger partial charge on any atom is 0.335 e. The average Bonchev–Trinajstić information content (AvgIpc) is 2.31. The Hall–Kier alpha value is -0.995. The first-order valence-corrected chi connectivity index (χ1v) is 6.18. The molecule has 0 aromatic heterocycles. The highest BCUT2D eigenvalue weighted by molar-refractivity contribution is 6.68. The summed E-state index contributed by atoms with van der Waals surface area (Å²) in [4.78, 5) is 0. The van der Waals surface area contributed by atoms with Gasteiger partial charge in [0.15, 0.2) is 0 Å². The van der Waals surface area contributed by atoms with Crippen molar-refractivity contribution in [3.8, 4) is 0 Å². The summed E-state index contributed by atoms with van der Waals surface area (Å²) in [7, 11) is 0. The van der Waals surface area contributed by atoms with Gasteiger partial charge in [-0.15, -0.1) is 6.58 Å². The molecule has 0 aliphatic carbocycles. The number of hydrogen-bond donors (Lipinski definition) is 1. The zero-order chi connectivity index (χ0) is 14.1. The summed E-state index contributed by atoms with van der Waals surface area (Å²) in [5.74, 6) is 5.02. The van der Waals surface area contributed by atoms with Gasteiger partial charge < -0.3 is 10.5 Å². The van der Waals surface area contributed by atoms with Gasteiger partial charge in [-0.3, -0.25) is 0 Å². The van der Waals surface area contributed by atoms with Crippen LogP contribution in [0.2, 0.25) is 5.31 Å². The van der Waals surface area contributed by atoms with Crippen molar-refractivity contribution in [2.75, 3.05) is 0 Å². The Morgan fingerprint density at radius 3 is 2.28 bits per heavy atom. The van der Waals surface area contributed by atoms with Crippen LogP contribution in [0.1, 0.15) is 27.7 Å². The molecule has 1 heterocycles. The second-order valence-electron chi connectivity index (χ2n) is 5.55. The molecule has 98 valence electrons. The Balaban J connectivity index is 2.83. The zero-order valence-corrected chi connectivity index (χ0v) is 12.2. The molecule has 0 aromatic carbocycles. The number of nitrogens with zero attached hydrogens (tertiary/aromatic N) is 1. The molecule has 0 aromatic rings. The van der Waals surface area contributed by atoms with E-state index in [1.807, 2.05) is 0 Å². The summed E-state index contributed by atoms with van der Waals surface area (Å²) < 4.78 is 5.87. The van der Waals surface area contributed by atoms with E-state index in [4.69, 9.17) is 22.1 Å². The van der Waals surface area contributed by atoms with Gasteiger partial charge in [0.05, 0.1) is 0 Å². The molecule has 18 heavy (non-hydrogen) atoms. The highest BCUT2D eigenvalue weighted by Gasteiger charge is 2.59. The largest absolute Gasteiger partial charge is 0.425 e. The van der Waals surface area contributed by atoms with E-state index < -0.39 is 0 Å². The average molecular weight is 267 g/mol.